The van der Waals surface area contributed by atoms with Gasteiger partial charge in [0.1, 0.15) is 24.4 Å². The quantitative estimate of drug-likeness (QED) is 0.0272. The lowest BCUT2D eigenvalue weighted by Gasteiger charge is -2.40. The fraction of sp³-hybridized carbons (Fsp3) is 0.932. The van der Waals surface area contributed by atoms with Crippen LogP contribution in [0.25, 0.3) is 0 Å². The Labute approximate surface area is 325 Å². The molecule has 0 aromatic rings. The van der Waals surface area contributed by atoms with Gasteiger partial charge in [0.25, 0.3) is 0 Å². The van der Waals surface area contributed by atoms with Crippen LogP contribution in [0, 0.1) is 0 Å². The minimum atomic E-state index is -1.56. The third-order valence-corrected chi connectivity index (χ3v) is 10.9. The number of hydrogen-bond donors (Lipinski definition) is 6. The molecule has 0 unspecified atom stereocenters. The maximum Gasteiger partial charge on any atom is 0.220 e. The summed E-state index contributed by atoms with van der Waals surface area (Å²) in [6.07, 6.45) is 32.5. The summed E-state index contributed by atoms with van der Waals surface area (Å²) in [6.45, 7) is 3.77. The number of aliphatic hydroxyl groups excluding tert-OH is 5. The second-order valence-corrected chi connectivity index (χ2v) is 15.9. The molecule has 0 bridgehead atoms. The van der Waals surface area contributed by atoms with E-state index >= 15 is 0 Å². The Balaban J connectivity index is 2.34. The first-order valence-corrected chi connectivity index (χ1v) is 22.4. The van der Waals surface area contributed by atoms with Gasteiger partial charge in [0.05, 0.1) is 25.4 Å². The highest BCUT2D eigenvalue weighted by molar-refractivity contribution is 5.76. The van der Waals surface area contributed by atoms with Crippen molar-refractivity contribution in [3.05, 3.63) is 12.2 Å². The zero-order valence-electron chi connectivity index (χ0n) is 34.3. The van der Waals surface area contributed by atoms with Crippen molar-refractivity contribution in [3.8, 4) is 0 Å². The smallest absolute Gasteiger partial charge is 0.220 e. The Hall–Kier alpha value is -1.07. The summed E-state index contributed by atoms with van der Waals surface area (Å²) >= 11 is 0. The van der Waals surface area contributed by atoms with Gasteiger partial charge in [0, 0.05) is 6.42 Å². The molecular formula is C44H85NO8. The number of allylic oxidation sites excluding steroid dienone is 1. The lowest BCUT2D eigenvalue weighted by molar-refractivity contribution is -0.302. The zero-order valence-corrected chi connectivity index (χ0v) is 34.3. The molecule has 0 aromatic heterocycles. The summed E-state index contributed by atoms with van der Waals surface area (Å²) in [6, 6.07) is -0.797. The molecule has 1 aliphatic heterocycles. The van der Waals surface area contributed by atoms with E-state index in [0.29, 0.717) is 6.42 Å². The van der Waals surface area contributed by atoms with E-state index in [1.165, 1.54) is 148 Å². The van der Waals surface area contributed by atoms with Crippen molar-refractivity contribution in [2.24, 2.45) is 0 Å². The highest BCUT2D eigenvalue weighted by atomic mass is 16.7. The van der Waals surface area contributed by atoms with Crippen LogP contribution >= 0.6 is 0 Å². The van der Waals surface area contributed by atoms with E-state index in [1.54, 1.807) is 6.08 Å². The van der Waals surface area contributed by atoms with Crippen LogP contribution in [0.2, 0.25) is 0 Å². The molecule has 1 heterocycles. The molecule has 314 valence electrons. The van der Waals surface area contributed by atoms with E-state index < -0.39 is 49.5 Å². The maximum absolute atomic E-state index is 12.9. The van der Waals surface area contributed by atoms with Gasteiger partial charge in [0.15, 0.2) is 6.29 Å². The molecule has 1 rings (SSSR count). The topological polar surface area (TPSA) is 149 Å². The Morgan fingerprint density at radius 2 is 1.04 bits per heavy atom. The van der Waals surface area contributed by atoms with Crippen molar-refractivity contribution in [1.82, 2.24) is 5.32 Å². The van der Waals surface area contributed by atoms with Crippen molar-refractivity contribution >= 4 is 5.91 Å². The Kier molecular flexibility index (Phi) is 33.3. The maximum atomic E-state index is 12.9. The molecule has 9 nitrogen and oxygen atoms in total. The lowest BCUT2D eigenvalue weighted by atomic mass is 9.99. The van der Waals surface area contributed by atoms with Crippen molar-refractivity contribution < 1.29 is 39.8 Å². The second-order valence-electron chi connectivity index (χ2n) is 15.9. The molecule has 0 aliphatic carbocycles. The monoisotopic (exact) mass is 756 g/mol. The first-order chi connectivity index (χ1) is 25.8. The molecule has 1 fully saturated rings. The number of carbonyl (C=O) groups excluding carboxylic acids is 1. The van der Waals surface area contributed by atoms with E-state index in [-0.39, 0.29) is 12.5 Å². The van der Waals surface area contributed by atoms with Crippen LogP contribution in [-0.4, -0.2) is 87.5 Å². The van der Waals surface area contributed by atoms with Gasteiger partial charge in [-0.25, -0.2) is 0 Å². The van der Waals surface area contributed by atoms with E-state index in [0.717, 1.165) is 38.5 Å². The molecule has 1 amide bonds. The highest BCUT2D eigenvalue weighted by Gasteiger charge is 2.44. The number of ether oxygens (including phenoxy) is 2. The van der Waals surface area contributed by atoms with Crippen molar-refractivity contribution in [3.63, 3.8) is 0 Å². The van der Waals surface area contributed by atoms with E-state index in [4.69, 9.17) is 9.47 Å². The predicted molar refractivity (Wildman–Crippen MR) is 217 cm³/mol. The predicted octanol–water partition coefficient (Wildman–Crippen LogP) is 8.95. The summed E-state index contributed by atoms with van der Waals surface area (Å²) in [4.78, 5) is 12.9. The molecule has 0 saturated carbocycles. The molecule has 1 saturated heterocycles. The summed E-state index contributed by atoms with van der Waals surface area (Å²) in [5.41, 5.74) is 0. The lowest BCUT2D eigenvalue weighted by Crippen LogP contribution is -2.60. The van der Waals surface area contributed by atoms with Crippen LogP contribution in [0.3, 0.4) is 0 Å². The summed E-state index contributed by atoms with van der Waals surface area (Å²) in [7, 11) is 0. The van der Waals surface area contributed by atoms with Gasteiger partial charge in [-0.1, -0.05) is 193 Å². The molecule has 0 aromatic carbocycles. The van der Waals surface area contributed by atoms with E-state index in [1.807, 2.05) is 6.08 Å². The fourth-order valence-electron chi connectivity index (χ4n) is 7.21. The van der Waals surface area contributed by atoms with Crippen molar-refractivity contribution in [1.29, 1.82) is 0 Å². The number of nitrogens with one attached hydrogen (secondary N) is 1. The normalized spacial score (nSPS) is 21.7. The van der Waals surface area contributed by atoms with Gasteiger partial charge in [-0.3, -0.25) is 4.79 Å². The SMILES string of the molecule is CCCCCCCCCCCC/C=C/[C@@H](O)[C@H](CO[C@@H]1O[C@H](CO)[C@@H](O)[C@H](O)[C@H]1O)NC(=O)CCCCCCCCCCCCCCCCCCCC. The summed E-state index contributed by atoms with van der Waals surface area (Å²) in [5.74, 6) is -0.175. The Bertz CT molecular complexity index is 842. The molecule has 0 spiro atoms. The molecule has 7 atom stereocenters. The van der Waals surface area contributed by atoms with E-state index in [9.17, 15) is 30.3 Å². The first-order valence-electron chi connectivity index (χ1n) is 22.4. The number of aliphatic hydroxyl groups is 5. The second kappa shape index (κ2) is 35.4. The van der Waals surface area contributed by atoms with Crippen LogP contribution < -0.4 is 5.32 Å². The van der Waals surface area contributed by atoms with Crippen molar-refractivity contribution in [2.75, 3.05) is 13.2 Å². The first kappa shape index (κ1) is 49.9. The summed E-state index contributed by atoms with van der Waals surface area (Å²) in [5, 5.41) is 54.1. The van der Waals surface area contributed by atoms with Gasteiger partial charge in [0.2, 0.25) is 5.91 Å². The van der Waals surface area contributed by atoms with Crippen LogP contribution in [0.5, 0.6) is 0 Å². The average Bonchev–Trinajstić information content (AvgIpc) is 3.16. The average molecular weight is 756 g/mol. The molecule has 0 radical (unpaired) electrons. The van der Waals surface area contributed by atoms with Gasteiger partial charge in [-0.2, -0.15) is 0 Å². The van der Waals surface area contributed by atoms with Gasteiger partial charge < -0.3 is 40.3 Å². The third-order valence-electron chi connectivity index (χ3n) is 10.9. The van der Waals surface area contributed by atoms with E-state index in [2.05, 4.69) is 19.2 Å². The Morgan fingerprint density at radius 3 is 1.47 bits per heavy atom. The highest BCUT2D eigenvalue weighted by Crippen LogP contribution is 2.23. The number of unbranched alkanes of at least 4 members (excludes halogenated alkanes) is 27. The number of rotatable bonds is 37. The van der Waals surface area contributed by atoms with Crippen molar-refractivity contribution in [2.45, 2.75) is 249 Å². The third kappa shape index (κ3) is 26.4. The van der Waals surface area contributed by atoms with Gasteiger partial charge in [-0.15, -0.1) is 0 Å². The molecular weight excluding hydrogens is 670 g/mol. The minimum absolute atomic E-state index is 0.175. The minimum Gasteiger partial charge on any atom is -0.394 e. The van der Waals surface area contributed by atoms with Crippen LogP contribution in [0.4, 0.5) is 0 Å². The van der Waals surface area contributed by atoms with Gasteiger partial charge >= 0.3 is 0 Å². The van der Waals surface area contributed by atoms with Crippen LogP contribution in [-0.2, 0) is 14.3 Å². The standard InChI is InChI=1S/C44H85NO8/c1-3-5-7-9-11-13-15-17-18-19-20-21-22-24-26-28-30-32-34-40(48)45-37(36-52-44-43(51)42(50)41(49)39(35-46)53-44)38(47)33-31-29-27-25-23-16-14-12-10-8-6-4-2/h31,33,37-39,41-44,46-47,49-51H,3-30,32,34-36H2,1-2H3,(H,45,48)/b33-31+/t37-,38+,39+,41+,42-,43+,44+/m0/s1. The van der Waals surface area contributed by atoms with Crippen LogP contribution in [0.1, 0.15) is 206 Å². The number of hydrogen-bond acceptors (Lipinski definition) is 8. The number of amides is 1. The molecule has 6 N–H and O–H groups in total. The van der Waals surface area contributed by atoms with Crippen LogP contribution in [0.15, 0.2) is 12.2 Å². The molecule has 9 heteroatoms. The number of carbonyl (C=O) groups is 1. The zero-order chi connectivity index (χ0) is 38.8. The summed E-state index contributed by atoms with van der Waals surface area (Å²) < 4.78 is 11.2. The largest absolute Gasteiger partial charge is 0.394 e. The molecule has 53 heavy (non-hydrogen) atoms. The Morgan fingerprint density at radius 1 is 0.623 bits per heavy atom. The van der Waals surface area contributed by atoms with Gasteiger partial charge in [-0.05, 0) is 19.3 Å². The molecule has 1 aliphatic rings. The fourth-order valence-corrected chi connectivity index (χ4v) is 7.21.